The number of anilines is 1. The van der Waals surface area contributed by atoms with E-state index in [2.05, 4.69) is 9.88 Å². The van der Waals surface area contributed by atoms with Crippen molar-refractivity contribution in [3.05, 3.63) is 36.1 Å². The molecule has 3 atom stereocenters. The molecule has 3 unspecified atom stereocenters. The predicted molar refractivity (Wildman–Crippen MR) is 91.6 cm³/mol. The summed E-state index contributed by atoms with van der Waals surface area (Å²) in [6, 6.07) is 8.88. The van der Waals surface area contributed by atoms with E-state index in [-0.39, 0.29) is 17.8 Å². The first-order chi connectivity index (χ1) is 11.5. The first-order valence-corrected chi connectivity index (χ1v) is 8.68. The number of fused-ring (bicyclic) bond motifs is 1. The third-order valence-corrected chi connectivity index (χ3v) is 5.55. The predicted octanol–water partition coefficient (Wildman–Crippen LogP) is 3.13. The molecule has 0 bridgehead atoms. The molecule has 0 spiro atoms. The Hall–Kier alpha value is -1.72. The molecular formula is C19H23FN2O2. The molecule has 4 rings (SSSR count). The van der Waals surface area contributed by atoms with Crippen LogP contribution >= 0.6 is 0 Å². The zero-order valence-corrected chi connectivity index (χ0v) is 13.9. The van der Waals surface area contributed by atoms with Gasteiger partial charge in [0.15, 0.2) is 0 Å². The third-order valence-electron chi connectivity index (χ3n) is 5.55. The second-order valence-corrected chi connectivity index (χ2v) is 7.20. The van der Waals surface area contributed by atoms with Crippen molar-refractivity contribution in [2.45, 2.75) is 37.8 Å². The monoisotopic (exact) mass is 330 g/mol. The van der Waals surface area contributed by atoms with Crippen molar-refractivity contribution in [3.8, 4) is 0 Å². The van der Waals surface area contributed by atoms with Crippen molar-refractivity contribution in [2.75, 3.05) is 24.7 Å². The number of halogens is 1. The van der Waals surface area contributed by atoms with E-state index >= 15 is 0 Å². The quantitative estimate of drug-likeness (QED) is 0.919. The van der Waals surface area contributed by atoms with Crippen LogP contribution in [0.25, 0.3) is 10.9 Å². The smallest absolute Gasteiger partial charge is 0.129 e. The van der Waals surface area contributed by atoms with Gasteiger partial charge in [-0.1, -0.05) is 0 Å². The minimum atomic E-state index is -0.714. The summed E-state index contributed by atoms with van der Waals surface area (Å²) in [7, 11) is 0. The van der Waals surface area contributed by atoms with Gasteiger partial charge < -0.3 is 14.7 Å². The Kier molecular flexibility index (Phi) is 3.93. The van der Waals surface area contributed by atoms with E-state index in [0.29, 0.717) is 25.2 Å². The molecule has 1 aromatic carbocycles. The summed E-state index contributed by atoms with van der Waals surface area (Å²) in [5.41, 5.74) is -0.0427. The van der Waals surface area contributed by atoms with Crippen LogP contribution in [0.5, 0.6) is 0 Å². The topological polar surface area (TPSA) is 45.6 Å². The molecule has 2 aliphatic heterocycles. The van der Waals surface area contributed by atoms with E-state index in [9.17, 15) is 9.50 Å². The maximum absolute atomic E-state index is 13.5. The first-order valence-electron chi connectivity index (χ1n) is 8.68. The molecule has 5 heteroatoms. The van der Waals surface area contributed by atoms with Crippen LogP contribution in [0.4, 0.5) is 10.2 Å². The van der Waals surface area contributed by atoms with Gasteiger partial charge in [0.25, 0.3) is 0 Å². The van der Waals surface area contributed by atoms with Crippen LogP contribution in [0.2, 0.25) is 0 Å². The maximum Gasteiger partial charge on any atom is 0.129 e. The average molecular weight is 330 g/mol. The standard InChI is InChI=1S/C19H23FN2O2/c1-19(23)8-10-24-12-15(19)17-3-2-9-22(17)18-7-5-13-4-6-14(20)11-16(13)21-18/h4-7,11,15,17,23H,2-3,8-10,12H2,1H3. The molecular weight excluding hydrogens is 307 g/mol. The average Bonchev–Trinajstić information content (AvgIpc) is 3.03. The van der Waals surface area contributed by atoms with Crippen molar-refractivity contribution in [2.24, 2.45) is 5.92 Å². The molecule has 0 radical (unpaired) electrons. The second-order valence-electron chi connectivity index (χ2n) is 7.20. The normalized spacial score (nSPS) is 30.9. The number of aromatic nitrogens is 1. The largest absolute Gasteiger partial charge is 0.390 e. The van der Waals surface area contributed by atoms with Gasteiger partial charge in [0.2, 0.25) is 0 Å². The minimum absolute atomic E-state index is 0.0683. The lowest BCUT2D eigenvalue weighted by Gasteiger charge is -2.43. The molecule has 1 aromatic heterocycles. The fourth-order valence-electron chi connectivity index (χ4n) is 4.11. The van der Waals surface area contributed by atoms with Crippen molar-refractivity contribution in [1.82, 2.24) is 4.98 Å². The molecule has 0 amide bonds. The molecule has 1 N–H and O–H groups in total. The number of hydrogen-bond donors (Lipinski definition) is 1. The highest BCUT2D eigenvalue weighted by molar-refractivity contribution is 5.80. The van der Waals surface area contributed by atoms with Crippen LogP contribution in [0.3, 0.4) is 0 Å². The molecule has 2 saturated heterocycles. The second kappa shape index (κ2) is 5.97. The Morgan fingerprint density at radius 3 is 3.00 bits per heavy atom. The Morgan fingerprint density at radius 1 is 1.33 bits per heavy atom. The Balaban J connectivity index is 1.67. The van der Waals surface area contributed by atoms with E-state index in [4.69, 9.17) is 4.74 Å². The van der Waals surface area contributed by atoms with Crippen LogP contribution in [-0.4, -0.2) is 41.5 Å². The van der Waals surface area contributed by atoms with E-state index in [0.717, 1.165) is 30.6 Å². The number of nitrogens with zero attached hydrogens (tertiary/aromatic N) is 2. The van der Waals surface area contributed by atoms with Crippen molar-refractivity contribution >= 4 is 16.7 Å². The number of rotatable bonds is 2. The Labute approximate surface area is 141 Å². The van der Waals surface area contributed by atoms with Gasteiger partial charge in [-0.2, -0.15) is 0 Å². The summed E-state index contributed by atoms with van der Waals surface area (Å²) in [6.45, 7) is 4.02. The lowest BCUT2D eigenvalue weighted by molar-refractivity contribution is -0.108. The number of hydrogen-bond acceptors (Lipinski definition) is 4. The van der Waals surface area contributed by atoms with E-state index in [1.165, 1.54) is 12.1 Å². The van der Waals surface area contributed by atoms with Gasteiger partial charge in [-0.25, -0.2) is 9.37 Å². The highest BCUT2D eigenvalue weighted by Crippen LogP contribution is 2.37. The highest BCUT2D eigenvalue weighted by atomic mass is 19.1. The fraction of sp³-hybridized carbons (Fsp3) is 0.526. The first kappa shape index (κ1) is 15.8. The summed E-state index contributed by atoms with van der Waals surface area (Å²) in [6.07, 6.45) is 2.76. The molecule has 128 valence electrons. The number of pyridine rings is 1. The molecule has 0 aliphatic carbocycles. The Morgan fingerprint density at radius 2 is 2.17 bits per heavy atom. The zero-order valence-electron chi connectivity index (χ0n) is 13.9. The zero-order chi connectivity index (χ0) is 16.7. The van der Waals surface area contributed by atoms with Gasteiger partial charge in [-0.3, -0.25) is 0 Å². The van der Waals surface area contributed by atoms with Crippen LogP contribution in [0.15, 0.2) is 30.3 Å². The number of benzene rings is 1. The highest BCUT2D eigenvalue weighted by Gasteiger charge is 2.44. The van der Waals surface area contributed by atoms with Gasteiger partial charge in [0, 0.05) is 36.6 Å². The molecule has 0 saturated carbocycles. The summed E-state index contributed by atoms with van der Waals surface area (Å²) >= 11 is 0. The van der Waals surface area contributed by atoms with Gasteiger partial charge >= 0.3 is 0 Å². The summed E-state index contributed by atoms with van der Waals surface area (Å²) in [4.78, 5) is 6.94. The van der Waals surface area contributed by atoms with Gasteiger partial charge in [0.1, 0.15) is 11.6 Å². The summed E-state index contributed by atoms with van der Waals surface area (Å²) < 4.78 is 19.2. The van der Waals surface area contributed by atoms with E-state index in [1.807, 2.05) is 19.1 Å². The SMILES string of the molecule is CC1(O)CCOCC1C1CCCN1c1ccc2ccc(F)cc2n1. The minimum Gasteiger partial charge on any atom is -0.390 e. The van der Waals surface area contributed by atoms with Crippen LogP contribution in [0, 0.1) is 11.7 Å². The fourth-order valence-corrected chi connectivity index (χ4v) is 4.11. The summed E-state index contributed by atoms with van der Waals surface area (Å²) in [5.74, 6) is 0.657. The van der Waals surface area contributed by atoms with Gasteiger partial charge in [-0.05, 0) is 50.5 Å². The molecule has 24 heavy (non-hydrogen) atoms. The lowest BCUT2D eigenvalue weighted by Crippen LogP contribution is -2.52. The lowest BCUT2D eigenvalue weighted by atomic mass is 9.79. The summed E-state index contributed by atoms with van der Waals surface area (Å²) in [5, 5.41) is 11.7. The van der Waals surface area contributed by atoms with Crippen molar-refractivity contribution in [3.63, 3.8) is 0 Å². The molecule has 2 aromatic rings. The van der Waals surface area contributed by atoms with Crippen LogP contribution < -0.4 is 4.90 Å². The molecule has 3 heterocycles. The van der Waals surface area contributed by atoms with Gasteiger partial charge in [-0.15, -0.1) is 0 Å². The van der Waals surface area contributed by atoms with Crippen LogP contribution in [0.1, 0.15) is 26.2 Å². The number of ether oxygens (including phenoxy) is 1. The molecule has 2 fully saturated rings. The molecule has 2 aliphatic rings. The maximum atomic E-state index is 13.5. The van der Waals surface area contributed by atoms with E-state index < -0.39 is 5.60 Å². The van der Waals surface area contributed by atoms with Crippen molar-refractivity contribution in [1.29, 1.82) is 0 Å². The van der Waals surface area contributed by atoms with Crippen LogP contribution in [-0.2, 0) is 4.74 Å². The number of aliphatic hydroxyl groups is 1. The third kappa shape index (κ3) is 2.76. The van der Waals surface area contributed by atoms with E-state index in [1.54, 1.807) is 6.07 Å². The Bertz CT molecular complexity index is 749. The van der Waals surface area contributed by atoms with Gasteiger partial charge in [0.05, 0.1) is 17.7 Å². The van der Waals surface area contributed by atoms with Crippen molar-refractivity contribution < 1.29 is 14.2 Å². The molecule has 4 nitrogen and oxygen atoms in total.